The Kier molecular flexibility index (Phi) is 5.15. The minimum absolute atomic E-state index is 0.231. The van der Waals surface area contributed by atoms with Crippen molar-refractivity contribution >= 4 is 22.6 Å². The van der Waals surface area contributed by atoms with Crippen LogP contribution in [0.15, 0.2) is 24.3 Å². The molecule has 0 N–H and O–H groups in total. The molecule has 7 heteroatoms. The molecule has 1 aliphatic carbocycles. The zero-order chi connectivity index (χ0) is 17.9. The number of piperazine rings is 1. The van der Waals surface area contributed by atoms with E-state index in [2.05, 4.69) is 14.3 Å². The summed E-state index contributed by atoms with van der Waals surface area (Å²) < 4.78 is 17.4. The SMILES string of the molecule is O=C(C1CCCC1)N1CCN(c2nc(Cc3ccc(F)cc3)ns2)CC1. The molecule has 2 heterocycles. The lowest BCUT2D eigenvalue weighted by molar-refractivity contribution is -0.135. The van der Waals surface area contributed by atoms with Crippen LogP contribution in [0.25, 0.3) is 0 Å². The van der Waals surface area contributed by atoms with Gasteiger partial charge in [-0.3, -0.25) is 4.79 Å². The van der Waals surface area contributed by atoms with Gasteiger partial charge in [-0.1, -0.05) is 25.0 Å². The molecule has 2 aromatic rings. The van der Waals surface area contributed by atoms with Gasteiger partial charge in [0.1, 0.15) is 11.6 Å². The van der Waals surface area contributed by atoms with Crippen molar-refractivity contribution in [1.29, 1.82) is 0 Å². The summed E-state index contributed by atoms with van der Waals surface area (Å²) in [5, 5.41) is 0.912. The highest BCUT2D eigenvalue weighted by Crippen LogP contribution is 2.27. The average molecular weight is 374 g/mol. The Bertz CT molecular complexity index is 749. The van der Waals surface area contributed by atoms with Gasteiger partial charge < -0.3 is 9.80 Å². The van der Waals surface area contributed by atoms with E-state index >= 15 is 0 Å². The fraction of sp³-hybridized carbons (Fsp3) is 0.526. The molecule has 5 nitrogen and oxygen atoms in total. The van der Waals surface area contributed by atoms with E-state index in [1.54, 1.807) is 12.1 Å². The maximum absolute atomic E-state index is 13.0. The van der Waals surface area contributed by atoms with Gasteiger partial charge in [-0.15, -0.1) is 0 Å². The Labute approximate surface area is 157 Å². The summed E-state index contributed by atoms with van der Waals surface area (Å²) >= 11 is 1.40. The highest BCUT2D eigenvalue weighted by molar-refractivity contribution is 7.09. The van der Waals surface area contributed by atoms with Crippen LogP contribution in [0.1, 0.15) is 37.1 Å². The van der Waals surface area contributed by atoms with E-state index in [4.69, 9.17) is 0 Å². The molecule has 0 radical (unpaired) electrons. The smallest absolute Gasteiger partial charge is 0.225 e. The number of carbonyl (C=O) groups is 1. The molecule has 1 aromatic heterocycles. The van der Waals surface area contributed by atoms with Crippen LogP contribution < -0.4 is 4.90 Å². The van der Waals surface area contributed by atoms with Crippen molar-refractivity contribution in [2.24, 2.45) is 5.92 Å². The number of rotatable bonds is 4. The number of hydrogen-bond acceptors (Lipinski definition) is 5. The van der Waals surface area contributed by atoms with Crippen LogP contribution in [0, 0.1) is 11.7 Å². The van der Waals surface area contributed by atoms with E-state index < -0.39 is 0 Å². The first-order valence-corrected chi connectivity index (χ1v) is 10.1. The van der Waals surface area contributed by atoms with Crippen molar-refractivity contribution in [3.05, 3.63) is 41.5 Å². The third kappa shape index (κ3) is 3.87. The van der Waals surface area contributed by atoms with Crippen molar-refractivity contribution in [2.75, 3.05) is 31.1 Å². The largest absolute Gasteiger partial charge is 0.343 e. The van der Waals surface area contributed by atoms with Gasteiger partial charge in [0.15, 0.2) is 0 Å². The molecule has 1 saturated heterocycles. The van der Waals surface area contributed by atoms with E-state index in [1.807, 2.05) is 4.90 Å². The Balaban J connectivity index is 1.32. The maximum Gasteiger partial charge on any atom is 0.225 e. The van der Waals surface area contributed by atoms with Gasteiger partial charge in [0.05, 0.1) is 0 Å². The summed E-state index contributed by atoms with van der Waals surface area (Å²) in [7, 11) is 0. The minimum Gasteiger partial charge on any atom is -0.343 e. The van der Waals surface area contributed by atoms with Crippen LogP contribution in [0.5, 0.6) is 0 Å². The quantitative estimate of drug-likeness (QED) is 0.825. The van der Waals surface area contributed by atoms with Crippen LogP contribution in [0.2, 0.25) is 0 Å². The summed E-state index contributed by atoms with van der Waals surface area (Å²) in [4.78, 5) is 21.4. The molecule has 1 amide bonds. The fourth-order valence-corrected chi connectivity index (χ4v) is 4.52. The first-order chi connectivity index (χ1) is 12.7. The number of halogens is 1. The van der Waals surface area contributed by atoms with E-state index in [0.717, 1.165) is 55.5 Å². The van der Waals surface area contributed by atoms with Crippen molar-refractivity contribution in [3.8, 4) is 0 Å². The highest BCUT2D eigenvalue weighted by atomic mass is 32.1. The molecule has 0 atom stereocenters. The van der Waals surface area contributed by atoms with Gasteiger partial charge in [-0.25, -0.2) is 9.37 Å². The Morgan fingerprint density at radius 3 is 2.50 bits per heavy atom. The molecule has 1 aliphatic heterocycles. The van der Waals surface area contributed by atoms with Crippen LogP contribution in [-0.2, 0) is 11.2 Å². The molecule has 0 unspecified atom stereocenters. The normalized spacial score (nSPS) is 18.5. The van der Waals surface area contributed by atoms with Gasteiger partial charge in [-0.05, 0) is 30.5 Å². The first-order valence-electron chi connectivity index (χ1n) is 9.30. The predicted molar refractivity (Wildman–Crippen MR) is 99.9 cm³/mol. The number of amides is 1. The first kappa shape index (κ1) is 17.4. The zero-order valence-corrected chi connectivity index (χ0v) is 15.6. The van der Waals surface area contributed by atoms with Crippen LogP contribution in [0.3, 0.4) is 0 Å². The average Bonchev–Trinajstić information content (AvgIpc) is 3.35. The molecule has 2 fully saturated rings. The van der Waals surface area contributed by atoms with Crippen molar-refractivity contribution in [2.45, 2.75) is 32.1 Å². The number of hydrogen-bond donors (Lipinski definition) is 0. The molecule has 0 bridgehead atoms. The van der Waals surface area contributed by atoms with Crippen LogP contribution in [0.4, 0.5) is 9.52 Å². The van der Waals surface area contributed by atoms with E-state index in [9.17, 15) is 9.18 Å². The summed E-state index contributed by atoms with van der Waals surface area (Å²) in [5.41, 5.74) is 1.00. The molecule has 138 valence electrons. The Hall–Kier alpha value is -2.02. The molecule has 1 saturated carbocycles. The molecule has 2 aliphatic rings. The third-order valence-electron chi connectivity index (χ3n) is 5.30. The van der Waals surface area contributed by atoms with Crippen molar-refractivity contribution < 1.29 is 9.18 Å². The summed E-state index contributed by atoms with van der Waals surface area (Å²) in [6.07, 6.45) is 5.11. The molecule has 26 heavy (non-hydrogen) atoms. The number of benzene rings is 1. The Morgan fingerprint density at radius 2 is 1.81 bits per heavy atom. The van der Waals surface area contributed by atoms with Crippen LogP contribution in [-0.4, -0.2) is 46.3 Å². The summed E-state index contributed by atoms with van der Waals surface area (Å²) in [5.74, 6) is 1.13. The lowest BCUT2D eigenvalue weighted by Gasteiger charge is -2.35. The van der Waals surface area contributed by atoms with Gasteiger partial charge in [0.25, 0.3) is 0 Å². The third-order valence-corrected chi connectivity index (χ3v) is 6.11. The van der Waals surface area contributed by atoms with Gasteiger partial charge in [0.2, 0.25) is 11.0 Å². The summed E-state index contributed by atoms with van der Waals surface area (Å²) in [6.45, 7) is 3.15. The molecular weight excluding hydrogens is 351 g/mol. The number of aromatic nitrogens is 2. The van der Waals surface area contributed by atoms with E-state index in [0.29, 0.717) is 12.3 Å². The monoisotopic (exact) mass is 374 g/mol. The number of anilines is 1. The van der Waals surface area contributed by atoms with Crippen LogP contribution >= 0.6 is 11.5 Å². The van der Waals surface area contributed by atoms with E-state index in [1.165, 1.54) is 36.5 Å². The lowest BCUT2D eigenvalue weighted by atomic mass is 10.1. The fourth-order valence-electron chi connectivity index (χ4n) is 3.78. The second kappa shape index (κ2) is 7.70. The number of carbonyl (C=O) groups excluding carboxylic acids is 1. The predicted octanol–water partition coefficient (Wildman–Crippen LogP) is 3.11. The van der Waals surface area contributed by atoms with Crippen molar-refractivity contribution in [1.82, 2.24) is 14.3 Å². The maximum atomic E-state index is 13.0. The zero-order valence-electron chi connectivity index (χ0n) is 14.7. The van der Waals surface area contributed by atoms with Gasteiger partial charge >= 0.3 is 0 Å². The molecule has 4 rings (SSSR count). The topological polar surface area (TPSA) is 49.3 Å². The number of nitrogens with zero attached hydrogens (tertiary/aromatic N) is 4. The minimum atomic E-state index is -0.231. The summed E-state index contributed by atoms with van der Waals surface area (Å²) in [6, 6.07) is 6.46. The second-order valence-electron chi connectivity index (χ2n) is 7.09. The van der Waals surface area contributed by atoms with Crippen molar-refractivity contribution in [3.63, 3.8) is 0 Å². The van der Waals surface area contributed by atoms with Gasteiger partial charge in [-0.2, -0.15) is 4.37 Å². The Morgan fingerprint density at radius 1 is 1.12 bits per heavy atom. The van der Waals surface area contributed by atoms with E-state index in [-0.39, 0.29) is 11.7 Å². The molecule has 1 aromatic carbocycles. The second-order valence-corrected chi connectivity index (χ2v) is 7.82. The highest BCUT2D eigenvalue weighted by Gasteiger charge is 2.30. The standard InChI is InChI=1S/C19H23FN4OS/c20-16-7-5-14(6-8-16)13-17-21-19(26-22-17)24-11-9-23(10-12-24)18(25)15-3-1-2-4-15/h5-8,15H,1-4,9-13H2. The lowest BCUT2D eigenvalue weighted by Crippen LogP contribution is -2.50. The molecule has 0 spiro atoms. The van der Waals surface area contributed by atoms with Gasteiger partial charge in [0, 0.05) is 50.1 Å². The molecular formula is C19H23FN4OS.